The maximum absolute atomic E-state index is 13.5. The molecular formula is C23H19N3O5. The van der Waals surface area contributed by atoms with Crippen molar-refractivity contribution >= 4 is 23.3 Å². The van der Waals surface area contributed by atoms with Crippen LogP contribution in [0.5, 0.6) is 11.6 Å². The van der Waals surface area contributed by atoms with Gasteiger partial charge in [0.15, 0.2) is 5.76 Å². The van der Waals surface area contributed by atoms with E-state index in [4.69, 9.17) is 14.4 Å². The fourth-order valence-corrected chi connectivity index (χ4v) is 3.59. The Labute approximate surface area is 177 Å². The number of carboxylic acid groups (broad SMARTS) is 1. The van der Waals surface area contributed by atoms with E-state index in [1.807, 2.05) is 30.5 Å². The third kappa shape index (κ3) is 3.42. The molecule has 1 aliphatic heterocycles. The summed E-state index contributed by atoms with van der Waals surface area (Å²) in [6.07, 6.45) is 5.94. The van der Waals surface area contributed by atoms with Crippen LogP contribution < -0.4 is 14.5 Å². The summed E-state index contributed by atoms with van der Waals surface area (Å²) in [7, 11) is 0. The first-order valence-corrected chi connectivity index (χ1v) is 9.89. The molecule has 1 fully saturated rings. The molecule has 0 spiro atoms. The van der Waals surface area contributed by atoms with Gasteiger partial charge in [0, 0.05) is 18.4 Å². The van der Waals surface area contributed by atoms with Crippen LogP contribution in [0.2, 0.25) is 0 Å². The smallest absolute Gasteiger partial charge is 0.335 e. The molecule has 1 N–H and O–H groups in total. The highest BCUT2D eigenvalue weighted by atomic mass is 16.5. The van der Waals surface area contributed by atoms with Crippen LogP contribution in [-0.2, 0) is 0 Å². The van der Waals surface area contributed by atoms with Gasteiger partial charge in [-0.3, -0.25) is 9.69 Å². The third-order valence-electron chi connectivity index (χ3n) is 5.32. The number of aromatic nitrogens is 1. The molecule has 1 amide bonds. The zero-order valence-electron chi connectivity index (χ0n) is 16.7. The van der Waals surface area contributed by atoms with Gasteiger partial charge in [0.05, 0.1) is 16.9 Å². The molecule has 8 nitrogen and oxygen atoms in total. The topological polar surface area (TPSA) is 96.1 Å². The summed E-state index contributed by atoms with van der Waals surface area (Å²) in [6, 6.07) is 14.1. The van der Waals surface area contributed by atoms with Crippen LogP contribution in [0, 0.1) is 6.92 Å². The van der Waals surface area contributed by atoms with Crippen molar-refractivity contribution in [3.63, 3.8) is 0 Å². The minimum Gasteiger partial charge on any atom is -0.478 e. The van der Waals surface area contributed by atoms with Gasteiger partial charge in [0.25, 0.3) is 11.8 Å². The van der Waals surface area contributed by atoms with Gasteiger partial charge in [-0.1, -0.05) is 12.1 Å². The number of carboxylic acids is 1. The molecular weight excluding hydrogens is 398 g/mol. The molecule has 2 aliphatic rings. The van der Waals surface area contributed by atoms with Gasteiger partial charge in [-0.15, -0.1) is 0 Å². The summed E-state index contributed by atoms with van der Waals surface area (Å²) in [6.45, 7) is 1.65. The molecule has 1 aromatic heterocycles. The SMILES string of the molecule is Cc1onc(Oc2ccc(C(=O)O)cc2)c1C(=O)N1C=CN(C2CC2)c2ccccc21. The Balaban J connectivity index is 1.46. The number of para-hydroxylation sites is 2. The lowest BCUT2D eigenvalue weighted by atomic mass is 10.1. The lowest BCUT2D eigenvalue weighted by molar-refractivity contribution is 0.0696. The number of hydrogen-bond donors (Lipinski definition) is 1. The maximum atomic E-state index is 13.5. The molecule has 31 heavy (non-hydrogen) atoms. The number of ether oxygens (including phenoxy) is 1. The van der Waals surface area contributed by atoms with Gasteiger partial charge in [-0.25, -0.2) is 4.79 Å². The minimum atomic E-state index is -1.03. The third-order valence-corrected chi connectivity index (χ3v) is 5.32. The Morgan fingerprint density at radius 2 is 1.77 bits per heavy atom. The number of anilines is 2. The molecule has 156 valence electrons. The molecule has 0 bridgehead atoms. The summed E-state index contributed by atoms with van der Waals surface area (Å²) in [4.78, 5) is 28.3. The summed E-state index contributed by atoms with van der Waals surface area (Å²) in [5, 5.41) is 12.9. The number of nitrogens with zero attached hydrogens (tertiary/aromatic N) is 3. The fourth-order valence-electron chi connectivity index (χ4n) is 3.59. The average Bonchev–Trinajstić information content (AvgIpc) is 3.56. The van der Waals surface area contributed by atoms with Crippen LogP contribution in [0.4, 0.5) is 11.4 Å². The highest BCUT2D eigenvalue weighted by Crippen LogP contribution is 2.41. The Morgan fingerprint density at radius 3 is 2.45 bits per heavy atom. The summed E-state index contributed by atoms with van der Waals surface area (Å²) in [5.74, 6) is -0.647. The predicted molar refractivity (Wildman–Crippen MR) is 113 cm³/mol. The molecule has 5 rings (SSSR count). The lowest BCUT2D eigenvalue weighted by Gasteiger charge is -2.32. The Hall–Kier alpha value is -4.07. The maximum Gasteiger partial charge on any atom is 0.335 e. The standard InChI is InChI=1S/C23H19N3O5/c1-14-20(21(24-31-14)30-17-10-6-15(7-11-17)23(28)29)22(27)26-13-12-25(16-8-9-16)18-4-2-3-5-19(18)26/h2-7,10-13,16H,8-9H2,1H3,(H,28,29). The number of rotatable bonds is 5. The molecule has 2 heterocycles. The second-order valence-electron chi connectivity index (χ2n) is 7.45. The number of hydrogen-bond acceptors (Lipinski definition) is 6. The highest BCUT2D eigenvalue weighted by molar-refractivity contribution is 6.11. The van der Waals surface area contributed by atoms with E-state index < -0.39 is 5.97 Å². The van der Waals surface area contributed by atoms with Crippen molar-refractivity contribution in [2.24, 2.45) is 0 Å². The number of aryl methyl sites for hydroxylation is 1. The highest BCUT2D eigenvalue weighted by Gasteiger charge is 2.35. The number of fused-ring (bicyclic) bond motifs is 1. The van der Waals surface area contributed by atoms with E-state index in [2.05, 4.69) is 10.1 Å². The molecule has 0 unspecified atom stereocenters. The zero-order valence-corrected chi connectivity index (χ0v) is 16.7. The van der Waals surface area contributed by atoms with Crippen molar-refractivity contribution < 1.29 is 24.0 Å². The molecule has 8 heteroatoms. The van der Waals surface area contributed by atoms with Crippen molar-refractivity contribution in [1.82, 2.24) is 5.16 Å². The molecule has 0 saturated heterocycles. The van der Waals surface area contributed by atoms with Crippen molar-refractivity contribution in [3.05, 3.63) is 77.8 Å². The Kier molecular flexibility index (Phi) is 4.47. The number of carbonyl (C=O) groups is 2. The normalized spacial score (nSPS) is 15.0. The molecule has 1 saturated carbocycles. The van der Waals surface area contributed by atoms with E-state index in [9.17, 15) is 9.59 Å². The number of benzene rings is 2. The Bertz CT molecular complexity index is 1190. The first-order chi connectivity index (χ1) is 15.0. The quantitative estimate of drug-likeness (QED) is 0.649. The second-order valence-corrected chi connectivity index (χ2v) is 7.45. The van der Waals surface area contributed by atoms with Crippen LogP contribution in [0.3, 0.4) is 0 Å². The van der Waals surface area contributed by atoms with Gasteiger partial charge < -0.3 is 19.3 Å². The minimum absolute atomic E-state index is 0.0288. The van der Waals surface area contributed by atoms with Gasteiger partial charge >= 0.3 is 5.97 Å². The van der Waals surface area contributed by atoms with Crippen LogP contribution >= 0.6 is 0 Å². The summed E-state index contributed by atoms with van der Waals surface area (Å²) >= 11 is 0. The van der Waals surface area contributed by atoms with Crippen LogP contribution in [0.15, 0.2) is 65.5 Å². The molecule has 2 aromatic carbocycles. The van der Waals surface area contributed by atoms with Crippen LogP contribution in [-0.4, -0.2) is 28.2 Å². The van der Waals surface area contributed by atoms with Crippen LogP contribution in [0.1, 0.15) is 39.3 Å². The molecule has 0 radical (unpaired) electrons. The monoisotopic (exact) mass is 417 g/mol. The first-order valence-electron chi connectivity index (χ1n) is 9.89. The van der Waals surface area contributed by atoms with Crippen LogP contribution in [0.25, 0.3) is 0 Å². The fraction of sp³-hybridized carbons (Fsp3) is 0.174. The largest absolute Gasteiger partial charge is 0.478 e. The Morgan fingerprint density at radius 1 is 1.06 bits per heavy atom. The molecule has 3 aromatic rings. The van der Waals surface area contributed by atoms with E-state index in [1.165, 1.54) is 24.3 Å². The van der Waals surface area contributed by atoms with E-state index in [-0.39, 0.29) is 22.9 Å². The number of carbonyl (C=O) groups excluding carboxylic acids is 1. The molecule has 0 atom stereocenters. The van der Waals surface area contributed by atoms with Crippen molar-refractivity contribution in [2.75, 3.05) is 9.80 Å². The second kappa shape index (κ2) is 7.32. The van der Waals surface area contributed by atoms with E-state index in [1.54, 1.807) is 18.0 Å². The zero-order chi connectivity index (χ0) is 21.5. The number of amides is 1. The molecule has 1 aliphatic carbocycles. The van der Waals surface area contributed by atoms with E-state index >= 15 is 0 Å². The van der Waals surface area contributed by atoms with Gasteiger partial charge in [0.2, 0.25) is 0 Å². The van der Waals surface area contributed by atoms with Gasteiger partial charge in [0.1, 0.15) is 11.3 Å². The first kappa shape index (κ1) is 18.9. The summed E-state index contributed by atoms with van der Waals surface area (Å²) < 4.78 is 11.0. The van der Waals surface area contributed by atoms with Crippen molar-refractivity contribution in [3.8, 4) is 11.6 Å². The van der Waals surface area contributed by atoms with E-state index in [0.29, 0.717) is 17.6 Å². The van der Waals surface area contributed by atoms with Crippen molar-refractivity contribution in [1.29, 1.82) is 0 Å². The number of aromatic carboxylic acids is 1. The predicted octanol–water partition coefficient (Wildman–Crippen LogP) is 4.57. The average molecular weight is 417 g/mol. The van der Waals surface area contributed by atoms with Crippen molar-refractivity contribution in [2.45, 2.75) is 25.8 Å². The summed E-state index contributed by atoms with van der Waals surface area (Å²) in [5.41, 5.74) is 2.10. The van der Waals surface area contributed by atoms with Gasteiger partial charge in [-0.2, -0.15) is 0 Å². The van der Waals surface area contributed by atoms with Gasteiger partial charge in [-0.05, 0) is 61.3 Å². The van der Waals surface area contributed by atoms with E-state index in [0.717, 1.165) is 24.2 Å². The lowest BCUT2D eigenvalue weighted by Crippen LogP contribution is -2.33.